The van der Waals surface area contributed by atoms with Crippen LogP contribution in [-0.2, 0) is 9.53 Å². The van der Waals surface area contributed by atoms with Crippen LogP contribution in [0.5, 0.6) is 5.75 Å². The molecule has 0 amide bonds. The minimum atomic E-state index is -0.382. The number of ether oxygens (including phenoxy) is 2. The maximum absolute atomic E-state index is 14.0. The van der Waals surface area contributed by atoms with Gasteiger partial charge in [0.1, 0.15) is 17.3 Å². The number of allylic oxidation sites excluding steroid dienone is 4. The maximum Gasteiger partial charge on any atom is 0.336 e. The van der Waals surface area contributed by atoms with E-state index in [9.17, 15) is 9.18 Å². The third-order valence-corrected chi connectivity index (χ3v) is 5.06. The first-order chi connectivity index (χ1) is 12.3. The zero-order valence-corrected chi connectivity index (χ0v) is 15.4. The van der Waals surface area contributed by atoms with Crippen LogP contribution in [-0.4, -0.2) is 12.6 Å². The minimum absolute atomic E-state index is 0.0784. The lowest BCUT2D eigenvalue weighted by Gasteiger charge is -2.42. The van der Waals surface area contributed by atoms with Gasteiger partial charge in [-0.15, -0.1) is 0 Å². The van der Waals surface area contributed by atoms with Crippen molar-refractivity contribution in [2.75, 3.05) is 6.61 Å². The molecule has 26 heavy (non-hydrogen) atoms. The molecule has 1 aromatic carbocycles. The molecule has 3 aliphatic rings. The van der Waals surface area contributed by atoms with Crippen LogP contribution < -0.4 is 10.1 Å². The lowest BCUT2D eigenvalue weighted by molar-refractivity contribution is -0.138. The first-order valence-corrected chi connectivity index (χ1v) is 8.89. The third kappa shape index (κ3) is 2.54. The Bertz CT molecular complexity index is 908. The molecule has 0 saturated carbocycles. The van der Waals surface area contributed by atoms with Gasteiger partial charge in [-0.3, -0.25) is 0 Å². The molecule has 1 aliphatic carbocycles. The Hall–Kier alpha value is -2.56. The molecule has 4 rings (SSSR count). The van der Waals surface area contributed by atoms with Crippen LogP contribution in [0.4, 0.5) is 4.39 Å². The highest BCUT2D eigenvalue weighted by molar-refractivity contribution is 5.93. The smallest absolute Gasteiger partial charge is 0.336 e. The Morgan fingerprint density at radius 1 is 1.42 bits per heavy atom. The Labute approximate surface area is 152 Å². The Kier molecular flexibility index (Phi) is 3.72. The second-order valence-electron chi connectivity index (χ2n) is 7.67. The predicted molar refractivity (Wildman–Crippen MR) is 95.7 cm³/mol. The van der Waals surface area contributed by atoms with Crippen molar-refractivity contribution in [1.29, 1.82) is 0 Å². The molecule has 4 nitrogen and oxygen atoms in total. The van der Waals surface area contributed by atoms with Gasteiger partial charge in [-0.05, 0) is 50.0 Å². The first kappa shape index (κ1) is 16.9. The van der Waals surface area contributed by atoms with Gasteiger partial charge in [0.2, 0.25) is 0 Å². The molecule has 0 aromatic heterocycles. The van der Waals surface area contributed by atoms with Gasteiger partial charge in [-0.1, -0.05) is 13.8 Å². The summed E-state index contributed by atoms with van der Waals surface area (Å²) in [7, 11) is 0. The highest BCUT2D eigenvalue weighted by Gasteiger charge is 2.44. The summed E-state index contributed by atoms with van der Waals surface area (Å²) in [6, 6.07) is 4.47. The average molecular weight is 355 g/mol. The summed E-state index contributed by atoms with van der Waals surface area (Å²) in [6.45, 7) is 8.22. The van der Waals surface area contributed by atoms with E-state index in [1.165, 1.54) is 12.1 Å². The van der Waals surface area contributed by atoms with Crippen LogP contribution in [0.15, 0.2) is 52.6 Å². The highest BCUT2D eigenvalue weighted by Crippen LogP contribution is 2.53. The molecule has 2 heterocycles. The molecule has 136 valence electrons. The van der Waals surface area contributed by atoms with Crippen LogP contribution >= 0.6 is 0 Å². The van der Waals surface area contributed by atoms with Crippen LogP contribution in [0.2, 0.25) is 0 Å². The lowest BCUT2D eigenvalue weighted by atomic mass is 9.71. The van der Waals surface area contributed by atoms with Crippen molar-refractivity contribution in [1.82, 2.24) is 5.32 Å². The molecular weight excluding hydrogens is 333 g/mol. The van der Waals surface area contributed by atoms with Crippen molar-refractivity contribution in [3.05, 3.63) is 64.0 Å². The zero-order chi connectivity index (χ0) is 18.6. The standard InChI is InChI=1S/C21H22FNO3/c1-5-25-20(24)17-11(2)23-14-9-21(3,4)10-16-19(14)18(17)13-8-12(22)6-7-15(13)26-16/h6-8,10,18,23H,5,9H2,1-4H3. The summed E-state index contributed by atoms with van der Waals surface area (Å²) in [6.07, 6.45) is 2.89. The number of carbonyl (C=O) groups is 1. The minimum Gasteiger partial charge on any atom is -0.463 e. The van der Waals surface area contributed by atoms with Gasteiger partial charge >= 0.3 is 5.97 Å². The molecular formula is C21H22FNO3. The molecule has 2 aliphatic heterocycles. The van der Waals surface area contributed by atoms with Crippen LogP contribution in [0, 0.1) is 11.2 Å². The monoisotopic (exact) mass is 355 g/mol. The van der Waals surface area contributed by atoms with E-state index in [0.29, 0.717) is 16.9 Å². The Morgan fingerprint density at radius 2 is 2.19 bits per heavy atom. The number of benzene rings is 1. The number of fused-ring (bicyclic) bond motifs is 2. The second-order valence-corrected chi connectivity index (χ2v) is 7.67. The summed E-state index contributed by atoms with van der Waals surface area (Å²) in [5, 5.41) is 3.38. The van der Waals surface area contributed by atoms with Crippen molar-refractivity contribution in [3.8, 4) is 5.75 Å². The molecule has 0 radical (unpaired) electrons. The van der Waals surface area contributed by atoms with Crippen molar-refractivity contribution >= 4 is 5.97 Å². The van der Waals surface area contributed by atoms with Gasteiger partial charge in [-0.2, -0.15) is 0 Å². The number of rotatable bonds is 2. The summed E-state index contributed by atoms with van der Waals surface area (Å²) >= 11 is 0. The van der Waals surface area contributed by atoms with Gasteiger partial charge in [0.15, 0.2) is 0 Å². The van der Waals surface area contributed by atoms with Crippen LogP contribution in [0.1, 0.15) is 45.6 Å². The van der Waals surface area contributed by atoms with E-state index in [-0.39, 0.29) is 29.7 Å². The van der Waals surface area contributed by atoms with Gasteiger partial charge < -0.3 is 14.8 Å². The van der Waals surface area contributed by atoms with Crippen LogP contribution in [0.3, 0.4) is 0 Å². The zero-order valence-electron chi connectivity index (χ0n) is 15.4. The molecule has 5 heteroatoms. The number of dihydropyridines is 1. The average Bonchev–Trinajstić information content (AvgIpc) is 2.54. The van der Waals surface area contributed by atoms with Gasteiger partial charge in [-0.25, -0.2) is 9.18 Å². The number of hydrogen-bond donors (Lipinski definition) is 1. The quantitative estimate of drug-likeness (QED) is 0.803. The predicted octanol–water partition coefficient (Wildman–Crippen LogP) is 4.31. The van der Waals surface area contributed by atoms with Crippen molar-refractivity contribution in [2.45, 2.75) is 40.0 Å². The van der Waals surface area contributed by atoms with Gasteiger partial charge in [0, 0.05) is 22.5 Å². The van der Waals surface area contributed by atoms with E-state index >= 15 is 0 Å². The molecule has 0 spiro atoms. The molecule has 0 fully saturated rings. The highest BCUT2D eigenvalue weighted by atomic mass is 19.1. The van der Waals surface area contributed by atoms with Crippen molar-refractivity contribution in [2.24, 2.45) is 5.41 Å². The van der Waals surface area contributed by atoms with E-state index in [1.807, 2.05) is 6.92 Å². The molecule has 1 N–H and O–H groups in total. The first-order valence-electron chi connectivity index (χ1n) is 8.89. The summed E-state index contributed by atoms with van der Waals surface area (Å²) in [5.74, 6) is 0.210. The van der Waals surface area contributed by atoms with E-state index in [2.05, 4.69) is 25.2 Å². The largest absolute Gasteiger partial charge is 0.463 e. The normalized spacial score (nSPS) is 22.7. The number of esters is 1. The Balaban J connectivity index is 1.96. The van der Waals surface area contributed by atoms with E-state index in [1.54, 1.807) is 13.0 Å². The fraction of sp³-hybridized carbons (Fsp3) is 0.381. The summed E-state index contributed by atoms with van der Waals surface area (Å²) in [5.41, 5.74) is 3.80. The molecule has 1 atom stereocenters. The topological polar surface area (TPSA) is 47.6 Å². The molecule has 1 aromatic rings. The fourth-order valence-electron chi connectivity index (χ4n) is 4.10. The second kappa shape index (κ2) is 5.73. The SMILES string of the molecule is CCOC(=O)C1=C(C)NC2=C3C(=CC(C)(C)C2)Oc2ccc(F)cc2C13. The number of carbonyl (C=O) groups excluding carboxylic acids is 1. The number of nitrogens with one attached hydrogen (secondary N) is 1. The van der Waals surface area contributed by atoms with Gasteiger partial charge in [0.25, 0.3) is 0 Å². The lowest BCUT2D eigenvalue weighted by Crippen LogP contribution is -2.37. The number of halogens is 1. The van der Waals surface area contributed by atoms with Gasteiger partial charge in [0.05, 0.1) is 18.1 Å². The maximum atomic E-state index is 14.0. The fourth-order valence-corrected chi connectivity index (χ4v) is 4.10. The third-order valence-electron chi connectivity index (χ3n) is 5.06. The van der Waals surface area contributed by atoms with E-state index < -0.39 is 0 Å². The summed E-state index contributed by atoms with van der Waals surface area (Å²) in [4.78, 5) is 12.7. The van der Waals surface area contributed by atoms with Crippen LogP contribution in [0.25, 0.3) is 0 Å². The van der Waals surface area contributed by atoms with Crippen molar-refractivity contribution in [3.63, 3.8) is 0 Å². The molecule has 0 bridgehead atoms. The van der Waals surface area contributed by atoms with Crippen molar-refractivity contribution < 1.29 is 18.7 Å². The molecule has 0 saturated heterocycles. The molecule has 1 unspecified atom stereocenters. The summed E-state index contributed by atoms with van der Waals surface area (Å²) < 4.78 is 25.4. The van der Waals surface area contributed by atoms with E-state index in [4.69, 9.17) is 9.47 Å². The van der Waals surface area contributed by atoms with E-state index in [0.717, 1.165) is 29.1 Å². The number of hydrogen-bond acceptors (Lipinski definition) is 4. The Morgan fingerprint density at radius 3 is 2.92 bits per heavy atom.